The Kier molecular flexibility index (Phi) is 5.01. The Hall–Kier alpha value is -2.57. The van der Waals surface area contributed by atoms with E-state index in [4.69, 9.17) is 27.9 Å². The standard InChI is InChI=1S/C19H17Cl2N5O/c1-27-19-24-9-14(10-25-19)12-7-17-18(23-8-12)22-4-5-26(17)11-13-6-15(20)2-3-16(13)21/h2-3,6-10H,4-5,11H2,1H3,(H,22,23). The molecule has 0 bridgehead atoms. The highest BCUT2D eigenvalue weighted by atomic mass is 35.5. The average molecular weight is 402 g/mol. The summed E-state index contributed by atoms with van der Waals surface area (Å²) in [5.41, 5.74) is 3.79. The molecule has 1 aliphatic rings. The van der Waals surface area contributed by atoms with E-state index in [1.165, 1.54) is 0 Å². The van der Waals surface area contributed by atoms with Crippen molar-refractivity contribution in [2.24, 2.45) is 0 Å². The normalized spacial score (nSPS) is 13.1. The molecular weight excluding hydrogens is 385 g/mol. The van der Waals surface area contributed by atoms with Crippen molar-refractivity contribution < 1.29 is 4.74 Å². The molecule has 138 valence electrons. The van der Waals surface area contributed by atoms with Gasteiger partial charge in [-0.2, -0.15) is 0 Å². The van der Waals surface area contributed by atoms with E-state index in [0.717, 1.165) is 41.3 Å². The molecule has 1 aliphatic heterocycles. The summed E-state index contributed by atoms with van der Waals surface area (Å²) >= 11 is 12.5. The van der Waals surface area contributed by atoms with Crippen molar-refractivity contribution in [2.45, 2.75) is 6.54 Å². The van der Waals surface area contributed by atoms with Gasteiger partial charge in [0.15, 0.2) is 0 Å². The first-order valence-corrected chi connectivity index (χ1v) is 9.19. The average Bonchev–Trinajstić information content (AvgIpc) is 2.71. The van der Waals surface area contributed by atoms with E-state index in [9.17, 15) is 0 Å². The second kappa shape index (κ2) is 7.58. The summed E-state index contributed by atoms with van der Waals surface area (Å²) in [6.07, 6.45) is 5.26. The van der Waals surface area contributed by atoms with Gasteiger partial charge < -0.3 is 15.0 Å². The molecule has 2 aromatic heterocycles. The number of ether oxygens (including phenoxy) is 1. The molecule has 3 aromatic rings. The molecule has 0 radical (unpaired) electrons. The minimum Gasteiger partial charge on any atom is -0.467 e. The van der Waals surface area contributed by atoms with E-state index in [2.05, 4.69) is 31.2 Å². The molecule has 3 heterocycles. The topological polar surface area (TPSA) is 63.2 Å². The fourth-order valence-corrected chi connectivity index (χ4v) is 3.40. The number of fused-ring (bicyclic) bond motifs is 1. The van der Waals surface area contributed by atoms with Gasteiger partial charge in [-0.25, -0.2) is 15.0 Å². The van der Waals surface area contributed by atoms with E-state index in [1.54, 1.807) is 25.6 Å². The van der Waals surface area contributed by atoms with E-state index in [1.807, 2.05) is 18.3 Å². The number of anilines is 2. The third kappa shape index (κ3) is 3.77. The minimum absolute atomic E-state index is 0.337. The maximum Gasteiger partial charge on any atom is 0.316 e. The Balaban J connectivity index is 1.67. The molecule has 0 saturated heterocycles. The van der Waals surface area contributed by atoms with Crippen molar-refractivity contribution in [3.8, 4) is 17.1 Å². The summed E-state index contributed by atoms with van der Waals surface area (Å²) in [5, 5.41) is 4.71. The van der Waals surface area contributed by atoms with Crippen molar-refractivity contribution in [1.82, 2.24) is 15.0 Å². The second-order valence-corrected chi connectivity index (χ2v) is 6.98. The van der Waals surface area contributed by atoms with Crippen LogP contribution in [0.25, 0.3) is 11.1 Å². The van der Waals surface area contributed by atoms with Crippen LogP contribution in [-0.4, -0.2) is 35.2 Å². The lowest BCUT2D eigenvalue weighted by Crippen LogP contribution is -2.34. The Morgan fingerprint density at radius 3 is 2.63 bits per heavy atom. The maximum absolute atomic E-state index is 6.35. The van der Waals surface area contributed by atoms with E-state index >= 15 is 0 Å². The molecule has 0 atom stereocenters. The van der Waals surface area contributed by atoms with Crippen LogP contribution in [0.2, 0.25) is 10.0 Å². The van der Waals surface area contributed by atoms with Crippen LogP contribution in [0.3, 0.4) is 0 Å². The van der Waals surface area contributed by atoms with E-state index in [-0.39, 0.29) is 0 Å². The van der Waals surface area contributed by atoms with Crippen LogP contribution in [0, 0.1) is 0 Å². The number of aromatic nitrogens is 3. The lowest BCUT2D eigenvalue weighted by Gasteiger charge is -2.32. The van der Waals surface area contributed by atoms with Gasteiger partial charge in [-0.1, -0.05) is 23.2 Å². The number of hydrogen-bond donors (Lipinski definition) is 1. The molecule has 6 nitrogen and oxygen atoms in total. The van der Waals surface area contributed by atoms with E-state index < -0.39 is 0 Å². The maximum atomic E-state index is 6.35. The van der Waals surface area contributed by atoms with Crippen LogP contribution in [0.4, 0.5) is 11.5 Å². The smallest absolute Gasteiger partial charge is 0.316 e. The monoisotopic (exact) mass is 401 g/mol. The molecule has 0 fully saturated rings. The van der Waals surface area contributed by atoms with Gasteiger partial charge in [0.25, 0.3) is 0 Å². The Morgan fingerprint density at radius 2 is 1.85 bits per heavy atom. The molecule has 1 aromatic carbocycles. The largest absolute Gasteiger partial charge is 0.467 e. The highest BCUT2D eigenvalue weighted by Gasteiger charge is 2.20. The number of nitrogens with one attached hydrogen (secondary N) is 1. The van der Waals surface area contributed by atoms with E-state index in [0.29, 0.717) is 22.6 Å². The Morgan fingerprint density at radius 1 is 1.07 bits per heavy atom. The van der Waals surface area contributed by atoms with Gasteiger partial charge >= 0.3 is 6.01 Å². The van der Waals surface area contributed by atoms with Gasteiger partial charge in [-0.3, -0.25) is 0 Å². The van der Waals surface area contributed by atoms with Crippen molar-refractivity contribution >= 4 is 34.7 Å². The highest BCUT2D eigenvalue weighted by Crippen LogP contribution is 2.33. The minimum atomic E-state index is 0.337. The highest BCUT2D eigenvalue weighted by molar-refractivity contribution is 6.33. The van der Waals surface area contributed by atoms with Crippen molar-refractivity contribution in [3.63, 3.8) is 0 Å². The first kappa shape index (κ1) is 17.8. The third-order valence-corrected chi connectivity index (χ3v) is 5.00. The molecule has 27 heavy (non-hydrogen) atoms. The number of benzene rings is 1. The predicted molar refractivity (Wildman–Crippen MR) is 108 cm³/mol. The van der Waals surface area contributed by atoms with Crippen LogP contribution < -0.4 is 15.0 Å². The number of halogens is 2. The van der Waals surface area contributed by atoms with Crippen LogP contribution >= 0.6 is 23.2 Å². The molecule has 0 saturated carbocycles. The molecule has 0 amide bonds. The first-order valence-electron chi connectivity index (χ1n) is 8.43. The quantitative estimate of drug-likeness (QED) is 0.703. The summed E-state index contributed by atoms with van der Waals surface area (Å²) in [6.45, 7) is 2.29. The van der Waals surface area contributed by atoms with Crippen LogP contribution in [0.1, 0.15) is 5.56 Å². The fourth-order valence-electron chi connectivity index (χ4n) is 3.02. The third-order valence-electron chi connectivity index (χ3n) is 4.40. The summed E-state index contributed by atoms with van der Waals surface area (Å²) in [6, 6.07) is 7.94. The van der Waals surface area contributed by atoms with Gasteiger partial charge in [0.2, 0.25) is 0 Å². The summed E-state index contributed by atoms with van der Waals surface area (Å²) in [7, 11) is 1.54. The zero-order chi connectivity index (χ0) is 18.8. The van der Waals surface area contributed by atoms with Crippen molar-refractivity contribution in [2.75, 3.05) is 30.4 Å². The van der Waals surface area contributed by atoms with Crippen LogP contribution in [-0.2, 0) is 6.54 Å². The molecule has 4 rings (SSSR count). The lowest BCUT2D eigenvalue weighted by atomic mass is 10.1. The van der Waals surface area contributed by atoms with Crippen molar-refractivity contribution in [1.29, 1.82) is 0 Å². The predicted octanol–water partition coefficient (Wildman–Crippen LogP) is 4.29. The van der Waals surface area contributed by atoms with Crippen LogP contribution in [0.5, 0.6) is 6.01 Å². The molecular formula is C19H17Cl2N5O. The number of pyridine rings is 1. The summed E-state index contributed by atoms with van der Waals surface area (Å²) in [5.74, 6) is 0.845. The van der Waals surface area contributed by atoms with Gasteiger partial charge in [0.05, 0.1) is 12.8 Å². The van der Waals surface area contributed by atoms with Crippen molar-refractivity contribution in [3.05, 3.63) is 58.5 Å². The molecule has 0 spiro atoms. The number of rotatable bonds is 4. The van der Waals surface area contributed by atoms with Gasteiger partial charge in [0.1, 0.15) is 5.82 Å². The number of methoxy groups -OCH3 is 1. The molecule has 1 N–H and O–H groups in total. The zero-order valence-electron chi connectivity index (χ0n) is 14.6. The lowest BCUT2D eigenvalue weighted by molar-refractivity contribution is 0.380. The summed E-state index contributed by atoms with van der Waals surface area (Å²) < 4.78 is 5.02. The number of nitrogens with zero attached hydrogens (tertiary/aromatic N) is 4. The molecule has 0 unspecified atom stereocenters. The second-order valence-electron chi connectivity index (χ2n) is 6.13. The summed E-state index contributed by atoms with van der Waals surface area (Å²) in [4.78, 5) is 15.2. The SMILES string of the molecule is COc1ncc(-c2cnc3c(c2)N(Cc2cc(Cl)ccc2Cl)CCN3)cn1. The molecule has 0 aliphatic carbocycles. The fraction of sp³-hybridized carbons (Fsp3) is 0.211. The van der Waals surface area contributed by atoms with Gasteiger partial charge in [0, 0.05) is 59.4 Å². The first-order chi connectivity index (χ1) is 13.1. The van der Waals surface area contributed by atoms with Gasteiger partial charge in [-0.05, 0) is 29.8 Å². The Labute approximate surface area is 167 Å². The Bertz CT molecular complexity index is 965. The zero-order valence-corrected chi connectivity index (χ0v) is 16.1. The molecule has 8 heteroatoms. The number of hydrogen-bond acceptors (Lipinski definition) is 6. The van der Waals surface area contributed by atoms with Gasteiger partial charge in [-0.15, -0.1) is 0 Å². The van der Waals surface area contributed by atoms with Crippen LogP contribution in [0.15, 0.2) is 42.9 Å².